The van der Waals surface area contributed by atoms with Gasteiger partial charge in [0.25, 0.3) is 0 Å². The van der Waals surface area contributed by atoms with Crippen molar-refractivity contribution in [3.05, 3.63) is 35.4 Å². The molecule has 0 spiro atoms. The molecule has 3 rings (SSSR count). The number of aliphatic hydroxyl groups is 1. The van der Waals surface area contributed by atoms with E-state index in [9.17, 15) is 5.11 Å². The van der Waals surface area contributed by atoms with Crippen molar-refractivity contribution >= 4 is 0 Å². The number of rotatable bonds is 2. The van der Waals surface area contributed by atoms with E-state index in [-0.39, 0.29) is 0 Å². The van der Waals surface area contributed by atoms with E-state index in [0.717, 1.165) is 36.8 Å². The van der Waals surface area contributed by atoms with Gasteiger partial charge in [-0.05, 0) is 25.3 Å². The Hall–Kier alpha value is -0.900. The zero-order valence-corrected chi connectivity index (χ0v) is 12.2. The summed E-state index contributed by atoms with van der Waals surface area (Å²) in [5.41, 5.74) is 1.41. The minimum Gasteiger partial charge on any atom is -0.385 e. The van der Waals surface area contributed by atoms with Gasteiger partial charge in [-0.2, -0.15) is 0 Å². The van der Waals surface area contributed by atoms with Gasteiger partial charge >= 0.3 is 0 Å². The topological polar surface area (TPSA) is 38.7 Å². The minimum absolute atomic E-state index is 0.620. The minimum atomic E-state index is -0.646. The van der Waals surface area contributed by atoms with Crippen molar-refractivity contribution in [3.63, 3.8) is 0 Å². The first-order valence-electron chi connectivity index (χ1n) is 7.74. The average Bonchev–Trinajstić information content (AvgIpc) is 2.79. The van der Waals surface area contributed by atoms with E-state index < -0.39 is 11.4 Å². The van der Waals surface area contributed by atoms with Gasteiger partial charge in [-0.15, -0.1) is 0 Å². The lowest BCUT2D eigenvalue weighted by molar-refractivity contribution is -0.149. The summed E-state index contributed by atoms with van der Waals surface area (Å²) in [7, 11) is 0. The lowest BCUT2D eigenvalue weighted by Crippen LogP contribution is -2.26. The molecule has 1 N–H and O–H groups in total. The van der Waals surface area contributed by atoms with E-state index in [1.54, 1.807) is 0 Å². The van der Waals surface area contributed by atoms with E-state index in [0.29, 0.717) is 13.2 Å². The Morgan fingerprint density at radius 1 is 0.850 bits per heavy atom. The van der Waals surface area contributed by atoms with Crippen molar-refractivity contribution < 1.29 is 14.6 Å². The normalized spacial score (nSPS) is 25.3. The summed E-state index contributed by atoms with van der Waals surface area (Å²) in [6.45, 7) is 3.24. The first-order valence-corrected chi connectivity index (χ1v) is 7.74. The van der Waals surface area contributed by atoms with E-state index in [2.05, 4.69) is 0 Å². The second-order valence-corrected chi connectivity index (χ2v) is 6.17. The summed E-state index contributed by atoms with van der Waals surface area (Å²) in [5, 5.41) is 10.9. The molecule has 1 aromatic carbocycles. The molecular weight excluding hydrogens is 252 g/mol. The van der Waals surface area contributed by atoms with Crippen molar-refractivity contribution in [2.24, 2.45) is 0 Å². The third-order valence-electron chi connectivity index (χ3n) is 4.72. The second kappa shape index (κ2) is 5.47. The van der Waals surface area contributed by atoms with Gasteiger partial charge in [0, 0.05) is 5.56 Å². The van der Waals surface area contributed by atoms with Crippen LogP contribution in [0.2, 0.25) is 0 Å². The molecule has 3 heteroatoms. The monoisotopic (exact) mass is 276 g/mol. The van der Waals surface area contributed by atoms with Gasteiger partial charge in [-0.25, -0.2) is 0 Å². The number of hydrogen-bond donors (Lipinski definition) is 1. The zero-order valence-electron chi connectivity index (χ0n) is 12.2. The van der Waals surface area contributed by atoms with Crippen LogP contribution < -0.4 is 0 Å². The SMILES string of the molecule is CC1(c2ccc(C3(O)CCCCCC3)cc2)OCCO1. The molecule has 0 amide bonds. The van der Waals surface area contributed by atoms with Crippen LogP contribution in [0.4, 0.5) is 0 Å². The molecule has 1 aliphatic heterocycles. The van der Waals surface area contributed by atoms with Gasteiger partial charge in [-0.3, -0.25) is 0 Å². The maximum Gasteiger partial charge on any atom is 0.192 e. The van der Waals surface area contributed by atoms with E-state index in [1.165, 1.54) is 12.8 Å². The summed E-state index contributed by atoms with van der Waals surface area (Å²) in [4.78, 5) is 0. The highest BCUT2D eigenvalue weighted by Crippen LogP contribution is 2.37. The summed E-state index contributed by atoms with van der Waals surface area (Å²) in [6, 6.07) is 8.14. The van der Waals surface area contributed by atoms with Crippen molar-refractivity contribution in [3.8, 4) is 0 Å². The first-order chi connectivity index (χ1) is 9.62. The van der Waals surface area contributed by atoms with Crippen LogP contribution in [-0.4, -0.2) is 18.3 Å². The van der Waals surface area contributed by atoms with Gasteiger partial charge < -0.3 is 14.6 Å². The predicted octanol–water partition coefficient (Wildman–Crippen LogP) is 3.45. The van der Waals surface area contributed by atoms with Crippen LogP contribution in [0.5, 0.6) is 0 Å². The molecule has 20 heavy (non-hydrogen) atoms. The van der Waals surface area contributed by atoms with E-state index in [4.69, 9.17) is 9.47 Å². The number of hydrogen-bond acceptors (Lipinski definition) is 3. The summed E-state index contributed by atoms with van der Waals surface area (Å²) in [6.07, 6.45) is 6.44. The third kappa shape index (κ3) is 2.62. The molecule has 1 saturated carbocycles. The maximum atomic E-state index is 10.9. The van der Waals surface area contributed by atoms with Crippen molar-refractivity contribution in [2.45, 2.75) is 56.8 Å². The van der Waals surface area contributed by atoms with Crippen LogP contribution in [0.25, 0.3) is 0 Å². The molecule has 110 valence electrons. The molecule has 1 heterocycles. The molecule has 0 bridgehead atoms. The Morgan fingerprint density at radius 2 is 1.35 bits per heavy atom. The van der Waals surface area contributed by atoms with Crippen LogP contribution in [0.15, 0.2) is 24.3 Å². The number of benzene rings is 1. The molecule has 0 radical (unpaired) electrons. The standard InChI is InChI=1S/C17H24O3/c1-16(19-12-13-20-16)14-6-8-15(9-7-14)17(18)10-4-2-3-5-11-17/h6-9,18H,2-5,10-13H2,1H3. The smallest absolute Gasteiger partial charge is 0.192 e. The number of ether oxygens (including phenoxy) is 2. The molecule has 1 aliphatic carbocycles. The first kappa shape index (κ1) is 14.1. The van der Waals surface area contributed by atoms with Crippen LogP contribution in [-0.2, 0) is 20.9 Å². The van der Waals surface area contributed by atoms with Gasteiger partial charge in [0.05, 0.1) is 18.8 Å². The maximum absolute atomic E-state index is 10.9. The van der Waals surface area contributed by atoms with Gasteiger partial charge in [0.15, 0.2) is 5.79 Å². The zero-order chi connectivity index (χ0) is 14.1. The molecule has 2 aliphatic rings. The van der Waals surface area contributed by atoms with Gasteiger partial charge in [0.2, 0.25) is 0 Å². The Labute approximate surface area is 120 Å². The summed E-state index contributed by atoms with van der Waals surface area (Å²) >= 11 is 0. The fraction of sp³-hybridized carbons (Fsp3) is 0.647. The van der Waals surface area contributed by atoms with Crippen LogP contribution in [0, 0.1) is 0 Å². The fourth-order valence-corrected chi connectivity index (χ4v) is 3.37. The fourth-order valence-electron chi connectivity index (χ4n) is 3.37. The van der Waals surface area contributed by atoms with Crippen LogP contribution in [0.3, 0.4) is 0 Å². The highest BCUT2D eigenvalue weighted by Gasteiger charge is 2.34. The summed E-state index contributed by atoms with van der Waals surface area (Å²) < 4.78 is 11.3. The Kier molecular flexibility index (Phi) is 3.85. The van der Waals surface area contributed by atoms with E-state index >= 15 is 0 Å². The summed E-state index contributed by atoms with van der Waals surface area (Å²) in [5.74, 6) is -0.620. The lowest BCUT2D eigenvalue weighted by Gasteiger charge is -2.28. The third-order valence-corrected chi connectivity index (χ3v) is 4.72. The van der Waals surface area contributed by atoms with Crippen molar-refractivity contribution in [2.75, 3.05) is 13.2 Å². The molecule has 3 nitrogen and oxygen atoms in total. The van der Waals surface area contributed by atoms with Crippen molar-refractivity contribution in [1.29, 1.82) is 0 Å². The van der Waals surface area contributed by atoms with Gasteiger partial charge in [0.1, 0.15) is 0 Å². The Bertz CT molecular complexity index is 438. The largest absolute Gasteiger partial charge is 0.385 e. The quantitative estimate of drug-likeness (QED) is 0.841. The molecule has 1 aromatic rings. The molecule has 0 atom stereocenters. The average molecular weight is 276 g/mol. The highest BCUT2D eigenvalue weighted by molar-refractivity contribution is 5.30. The molecule has 0 aromatic heterocycles. The lowest BCUT2D eigenvalue weighted by atomic mass is 9.86. The van der Waals surface area contributed by atoms with Crippen LogP contribution in [0.1, 0.15) is 56.6 Å². The Morgan fingerprint density at radius 3 is 1.90 bits per heavy atom. The highest BCUT2D eigenvalue weighted by atomic mass is 16.7. The molecular formula is C17H24O3. The second-order valence-electron chi connectivity index (χ2n) is 6.17. The van der Waals surface area contributed by atoms with Crippen molar-refractivity contribution in [1.82, 2.24) is 0 Å². The molecule has 2 fully saturated rings. The predicted molar refractivity (Wildman–Crippen MR) is 77.3 cm³/mol. The van der Waals surface area contributed by atoms with Crippen LogP contribution >= 0.6 is 0 Å². The molecule has 1 saturated heterocycles. The Balaban J connectivity index is 1.81. The molecule has 0 unspecified atom stereocenters. The van der Waals surface area contributed by atoms with Gasteiger partial charge in [-0.1, -0.05) is 49.9 Å². The van der Waals surface area contributed by atoms with E-state index in [1.807, 2.05) is 31.2 Å².